The van der Waals surface area contributed by atoms with Crippen LogP contribution in [-0.4, -0.2) is 59.8 Å². The summed E-state index contributed by atoms with van der Waals surface area (Å²) >= 11 is 0. The first-order chi connectivity index (χ1) is 11.3. The largest absolute Gasteiger partial charge is 0.473 e. The molecular formula is C15H20F2N2O5. The van der Waals surface area contributed by atoms with Crippen LogP contribution in [-0.2, 0) is 9.59 Å². The smallest absolute Gasteiger partial charge is 0.414 e. The second-order valence-electron chi connectivity index (χ2n) is 5.21. The highest BCUT2D eigenvalue weighted by molar-refractivity contribution is 6.27. The fraction of sp³-hybridized carbons (Fsp3) is 0.467. The van der Waals surface area contributed by atoms with Gasteiger partial charge in [0.2, 0.25) is 0 Å². The van der Waals surface area contributed by atoms with Gasteiger partial charge in [0.1, 0.15) is 5.75 Å². The van der Waals surface area contributed by atoms with Crippen LogP contribution in [0.1, 0.15) is 12.8 Å². The van der Waals surface area contributed by atoms with Crippen molar-refractivity contribution < 1.29 is 33.3 Å². The van der Waals surface area contributed by atoms with Gasteiger partial charge in [-0.25, -0.2) is 9.59 Å². The van der Waals surface area contributed by atoms with E-state index >= 15 is 0 Å². The van der Waals surface area contributed by atoms with E-state index in [9.17, 15) is 8.78 Å². The summed E-state index contributed by atoms with van der Waals surface area (Å²) in [6.45, 7) is -0.740. The summed E-state index contributed by atoms with van der Waals surface area (Å²) in [6.07, 6.45) is 2.03. The average Bonchev–Trinajstić information content (AvgIpc) is 2.51. The average molecular weight is 346 g/mol. The van der Waals surface area contributed by atoms with E-state index in [-0.39, 0.29) is 5.75 Å². The van der Waals surface area contributed by atoms with Crippen LogP contribution in [0.25, 0.3) is 0 Å². The number of carboxylic acid groups (broad SMARTS) is 2. The van der Waals surface area contributed by atoms with Crippen molar-refractivity contribution in [2.45, 2.75) is 25.5 Å². The molecule has 1 aliphatic heterocycles. The second-order valence-corrected chi connectivity index (χ2v) is 5.21. The zero-order chi connectivity index (χ0) is 18.1. The van der Waals surface area contributed by atoms with Crippen LogP contribution in [0.2, 0.25) is 0 Å². The van der Waals surface area contributed by atoms with E-state index in [4.69, 9.17) is 19.8 Å². The van der Waals surface area contributed by atoms with Gasteiger partial charge >= 0.3 is 18.6 Å². The number of rotatable bonds is 4. The summed E-state index contributed by atoms with van der Waals surface area (Å²) in [6, 6.07) is 7.16. The number of carbonyl (C=O) groups is 2. The summed E-state index contributed by atoms with van der Waals surface area (Å²) < 4.78 is 29.0. The van der Waals surface area contributed by atoms with Gasteiger partial charge in [-0.15, -0.1) is 0 Å². The molecule has 24 heavy (non-hydrogen) atoms. The number of anilines is 1. The highest BCUT2D eigenvalue weighted by Gasteiger charge is 2.18. The number of para-hydroxylation sites is 2. The molecule has 0 radical (unpaired) electrons. The predicted octanol–water partition coefficient (Wildman–Crippen LogP) is 1.95. The highest BCUT2D eigenvalue weighted by atomic mass is 19.3. The highest BCUT2D eigenvalue weighted by Crippen LogP contribution is 2.27. The Hall–Kier alpha value is -2.42. The van der Waals surface area contributed by atoms with Gasteiger partial charge in [0.25, 0.3) is 0 Å². The third-order valence-corrected chi connectivity index (χ3v) is 3.36. The molecule has 0 aromatic heterocycles. The van der Waals surface area contributed by atoms with Crippen molar-refractivity contribution in [2.24, 2.45) is 0 Å². The van der Waals surface area contributed by atoms with Gasteiger partial charge in [-0.3, -0.25) is 0 Å². The number of piperidine rings is 1. The molecule has 9 heteroatoms. The number of hydrogen-bond donors (Lipinski definition) is 3. The molecule has 0 amide bonds. The SMILES string of the molecule is CN1CCC(Nc2ccccc2OC(F)F)CC1.O=C(O)C(=O)O. The summed E-state index contributed by atoms with van der Waals surface area (Å²) in [5.74, 6) is -3.43. The number of likely N-dealkylation sites (tertiary alicyclic amines) is 1. The van der Waals surface area contributed by atoms with Gasteiger partial charge in [0.05, 0.1) is 5.69 Å². The fourth-order valence-electron chi connectivity index (χ4n) is 2.16. The Kier molecular flexibility index (Phi) is 7.90. The number of aliphatic carboxylic acids is 2. The van der Waals surface area contributed by atoms with Gasteiger partial charge in [0, 0.05) is 6.04 Å². The lowest BCUT2D eigenvalue weighted by molar-refractivity contribution is -0.159. The maximum atomic E-state index is 12.3. The molecule has 0 bridgehead atoms. The molecule has 134 valence electrons. The van der Waals surface area contributed by atoms with Crippen molar-refractivity contribution in [2.75, 3.05) is 25.5 Å². The Morgan fingerprint density at radius 1 is 1.21 bits per heavy atom. The Balaban J connectivity index is 0.000000413. The Labute approximate surface area is 137 Å². The van der Waals surface area contributed by atoms with Crippen molar-refractivity contribution in [3.8, 4) is 5.75 Å². The minimum absolute atomic E-state index is 0.214. The van der Waals surface area contributed by atoms with Crippen LogP contribution < -0.4 is 10.1 Å². The van der Waals surface area contributed by atoms with Crippen molar-refractivity contribution >= 4 is 17.6 Å². The first kappa shape index (κ1) is 19.6. The molecule has 1 aliphatic rings. The van der Waals surface area contributed by atoms with E-state index < -0.39 is 18.6 Å². The van der Waals surface area contributed by atoms with E-state index in [2.05, 4.69) is 22.0 Å². The predicted molar refractivity (Wildman–Crippen MR) is 82.5 cm³/mol. The normalized spacial score (nSPS) is 15.3. The van der Waals surface area contributed by atoms with Crippen LogP contribution in [0, 0.1) is 0 Å². The molecule has 1 fully saturated rings. The Morgan fingerprint density at radius 3 is 2.25 bits per heavy atom. The van der Waals surface area contributed by atoms with E-state index in [1.807, 2.05) is 6.07 Å². The topological polar surface area (TPSA) is 99.1 Å². The molecule has 0 unspecified atom stereocenters. The molecule has 0 aliphatic carbocycles. The monoisotopic (exact) mass is 346 g/mol. The molecular weight excluding hydrogens is 326 g/mol. The number of benzene rings is 1. The molecule has 7 nitrogen and oxygen atoms in total. The van der Waals surface area contributed by atoms with Gasteiger partial charge < -0.3 is 25.2 Å². The van der Waals surface area contributed by atoms with Crippen molar-refractivity contribution in [3.05, 3.63) is 24.3 Å². The standard InChI is InChI=1S/C13H18F2N2O.C2H2O4/c1-17-8-6-10(7-9-17)16-11-4-2-3-5-12(11)18-13(14)15;3-1(4)2(5)6/h2-5,10,13,16H,6-9H2,1H3;(H,3,4)(H,5,6). The molecule has 2 rings (SSSR count). The van der Waals surface area contributed by atoms with Gasteiger partial charge in [-0.2, -0.15) is 8.78 Å². The third kappa shape index (κ3) is 7.23. The van der Waals surface area contributed by atoms with Crippen molar-refractivity contribution in [3.63, 3.8) is 0 Å². The molecule has 1 aromatic carbocycles. The number of halogens is 2. The van der Waals surface area contributed by atoms with Gasteiger partial charge in [-0.1, -0.05) is 12.1 Å². The first-order valence-corrected chi connectivity index (χ1v) is 7.24. The minimum atomic E-state index is -2.79. The molecule has 0 spiro atoms. The summed E-state index contributed by atoms with van der Waals surface area (Å²) in [7, 11) is 2.09. The van der Waals surface area contributed by atoms with Gasteiger partial charge in [-0.05, 0) is 45.1 Å². The van der Waals surface area contributed by atoms with Crippen LogP contribution in [0.3, 0.4) is 0 Å². The van der Waals surface area contributed by atoms with E-state index in [0.717, 1.165) is 25.9 Å². The number of carboxylic acids is 2. The Morgan fingerprint density at radius 2 is 1.75 bits per heavy atom. The second kappa shape index (κ2) is 9.66. The molecule has 3 N–H and O–H groups in total. The van der Waals surface area contributed by atoms with E-state index in [1.165, 1.54) is 0 Å². The molecule has 1 saturated heterocycles. The van der Waals surface area contributed by atoms with E-state index in [1.54, 1.807) is 18.2 Å². The molecule has 0 saturated carbocycles. The maximum Gasteiger partial charge on any atom is 0.414 e. The summed E-state index contributed by atoms with van der Waals surface area (Å²) in [5.41, 5.74) is 0.646. The minimum Gasteiger partial charge on any atom is -0.473 e. The number of ether oxygens (including phenoxy) is 1. The molecule has 0 atom stereocenters. The van der Waals surface area contributed by atoms with Crippen LogP contribution in [0.15, 0.2) is 24.3 Å². The summed E-state index contributed by atoms with van der Waals surface area (Å²) in [5, 5.41) is 18.1. The van der Waals surface area contributed by atoms with Crippen molar-refractivity contribution in [1.29, 1.82) is 0 Å². The number of nitrogens with zero attached hydrogens (tertiary/aromatic N) is 1. The maximum absolute atomic E-state index is 12.3. The van der Waals surface area contributed by atoms with E-state index in [0.29, 0.717) is 11.7 Å². The van der Waals surface area contributed by atoms with Gasteiger partial charge in [0.15, 0.2) is 0 Å². The molecule has 1 aromatic rings. The first-order valence-electron chi connectivity index (χ1n) is 7.24. The fourth-order valence-corrected chi connectivity index (χ4v) is 2.16. The zero-order valence-electron chi connectivity index (χ0n) is 13.1. The number of nitrogens with one attached hydrogen (secondary N) is 1. The summed E-state index contributed by atoms with van der Waals surface area (Å²) in [4.78, 5) is 20.5. The quantitative estimate of drug-likeness (QED) is 0.717. The lowest BCUT2D eigenvalue weighted by Crippen LogP contribution is -2.36. The number of hydrogen-bond acceptors (Lipinski definition) is 5. The zero-order valence-corrected chi connectivity index (χ0v) is 13.1. The Bertz CT molecular complexity index is 536. The van der Waals surface area contributed by atoms with Crippen LogP contribution >= 0.6 is 0 Å². The van der Waals surface area contributed by atoms with Crippen LogP contribution in [0.4, 0.5) is 14.5 Å². The third-order valence-electron chi connectivity index (χ3n) is 3.36. The lowest BCUT2D eigenvalue weighted by atomic mass is 10.1. The molecule has 1 heterocycles. The lowest BCUT2D eigenvalue weighted by Gasteiger charge is -2.30. The number of alkyl halides is 2. The van der Waals surface area contributed by atoms with Crippen molar-refractivity contribution in [1.82, 2.24) is 4.90 Å². The van der Waals surface area contributed by atoms with Crippen LogP contribution in [0.5, 0.6) is 5.75 Å².